The second-order valence-corrected chi connectivity index (χ2v) is 8.94. The average Bonchev–Trinajstić information content (AvgIpc) is 3.07. The number of aliphatic hydroxyl groups excluding tert-OH is 1. The first kappa shape index (κ1) is 30.0. The zero-order valence-corrected chi connectivity index (χ0v) is 21.9. The van der Waals surface area contributed by atoms with Crippen LogP contribution in [0.5, 0.6) is 0 Å². The van der Waals surface area contributed by atoms with Crippen molar-refractivity contribution in [1.29, 1.82) is 0 Å². The summed E-state index contributed by atoms with van der Waals surface area (Å²) in [6.45, 7) is 14.3. The second kappa shape index (κ2) is 14.2. The minimum absolute atomic E-state index is 0. The summed E-state index contributed by atoms with van der Waals surface area (Å²) in [5.74, 6) is 0.162. The highest BCUT2D eigenvalue weighted by Crippen LogP contribution is 2.29. The lowest BCUT2D eigenvalue weighted by Gasteiger charge is -2.08. The van der Waals surface area contributed by atoms with Crippen LogP contribution in [0.15, 0.2) is 29.6 Å². The van der Waals surface area contributed by atoms with Gasteiger partial charge in [-0.15, -0.1) is 11.3 Å². The molecule has 6 heteroatoms. The van der Waals surface area contributed by atoms with Crippen LogP contribution < -0.4 is 5.73 Å². The zero-order chi connectivity index (χ0) is 23.7. The van der Waals surface area contributed by atoms with Gasteiger partial charge in [0.1, 0.15) is 0 Å². The van der Waals surface area contributed by atoms with E-state index >= 15 is 0 Å². The van der Waals surface area contributed by atoms with E-state index in [9.17, 15) is 4.79 Å². The van der Waals surface area contributed by atoms with E-state index in [1.165, 1.54) is 39.2 Å². The number of rotatable bonds is 3. The highest BCUT2D eigenvalue weighted by atomic mass is 79.9. The number of carbonyl (C=O) groups excluding carboxylic acids is 1. The number of hydrogen-bond acceptors (Lipinski definition) is 5. The van der Waals surface area contributed by atoms with Crippen molar-refractivity contribution in [2.75, 3.05) is 17.7 Å². The Morgan fingerprint density at radius 1 is 0.969 bits per heavy atom. The third-order valence-electron chi connectivity index (χ3n) is 4.53. The van der Waals surface area contributed by atoms with Crippen LogP contribution in [0.2, 0.25) is 0 Å². The Labute approximate surface area is 206 Å². The molecule has 32 heavy (non-hydrogen) atoms. The summed E-state index contributed by atoms with van der Waals surface area (Å²) < 4.78 is 0. The third-order valence-corrected chi connectivity index (χ3v) is 5.72. The van der Waals surface area contributed by atoms with E-state index in [1.54, 1.807) is 6.92 Å². The molecule has 176 valence electrons. The second-order valence-electron chi connectivity index (χ2n) is 7.49. The summed E-state index contributed by atoms with van der Waals surface area (Å²) in [5, 5.41) is 10.6. The molecule has 1 heterocycles. The molecule has 0 spiro atoms. The molecule has 0 radical (unpaired) electrons. The maximum Gasteiger partial charge on any atom is 0.180 e. The van der Waals surface area contributed by atoms with Gasteiger partial charge in [-0.05, 0) is 70.7 Å². The van der Waals surface area contributed by atoms with Crippen LogP contribution >= 0.6 is 27.3 Å². The van der Waals surface area contributed by atoms with Gasteiger partial charge < -0.3 is 10.8 Å². The van der Waals surface area contributed by atoms with E-state index in [1.807, 2.05) is 38.3 Å². The molecule has 0 aliphatic rings. The standard InChI is InChI=1S/C12H14N2S.C11H13BrO.C2H6O.CH4/c1-7-4-8(2)11(9(3)5-7)10-6-15-12(13)14-10;1-7-4-8(2)11(9(3)5-7)10(13)6-12;1-2-3;/h4-6H,1-3H3,(H2,13,14);4-5H,6H2,1-3H3;3H,2H2,1H3;1H4. The average molecular weight is 522 g/mol. The Bertz CT molecular complexity index is 982. The predicted molar refractivity (Wildman–Crippen MR) is 144 cm³/mol. The van der Waals surface area contributed by atoms with Crippen molar-refractivity contribution in [2.24, 2.45) is 0 Å². The molecule has 2 aromatic carbocycles. The van der Waals surface area contributed by atoms with Crippen LogP contribution in [-0.2, 0) is 0 Å². The van der Waals surface area contributed by atoms with Gasteiger partial charge in [0.05, 0.1) is 11.0 Å². The summed E-state index contributed by atoms with van der Waals surface area (Å²) in [6, 6.07) is 8.45. The molecule has 3 aromatic rings. The molecule has 0 aliphatic heterocycles. The first-order valence-electron chi connectivity index (χ1n) is 10.1. The maximum absolute atomic E-state index is 11.5. The topological polar surface area (TPSA) is 76.2 Å². The van der Waals surface area contributed by atoms with E-state index in [0.717, 1.165) is 22.4 Å². The predicted octanol–water partition coefficient (Wildman–Crippen LogP) is 7.14. The van der Waals surface area contributed by atoms with E-state index in [0.29, 0.717) is 10.5 Å². The van der Waals surface area contributed by atoms with Crippen molar-refractivity contribution in [3.63, 3.8) is 0 Å². The Hall–Kier alpha value is -2.02. The number of benzene rings is 2. The first-order valence-corrected chi connectivity index (χ1v) is 12.1. The molecular formula is C26H37BrN2O2S. The largest absolute Gasteiger partial charge is 0.397 e. The minimum Gasteiger partial charge on any atom is -0.397 e. The van der Waals surface area contributed by atoms with Crippen LogP contribution in [-0.4, -0.2) is 27.8 Å². The van der Waals surface area contributed by atoms with E-state index < -0.39 is 0 Å². The Balaban J connectivity index is 0.000000525. The van der Waals surface area contributed by atoms with Crippen LogP contribution in [0.1, 0.15) is 58.1 Å². The van der Waals surface area contributed by atoms with Gasteiger partial charge in [-0.2, -0.15) is 0 Å². The van der Waals surface area contributed by atoms with Gasteiger partial charge in [-0.3, -0.25) is 4.79 Å². The van der Waals surface area contributed by atoms with Gasteiger partial charge in [-0.1, -0.05) is 58.7 Å². The number of nitrogens with zero attached hydrogens (tertiary/aromatic N) is 1. The van der Waals surface area contributed by atoms with Gasteiger partial charge in [0.15, 0.2) is 10.9 Å². The lowest BCUT2D eigenvalue weighted by Crippen LogP contribution is -2.05. The Morgan fingerprint density at radius 2 is 1.38 bits per heavy atom. The highest BCUT2D eigenvalue weighted by molar-refractivity contribution is 9.09. The smallest absolute Gasteiger partial charge is 0.180 e. The zero-order valence-electron chi connectivity index (χ0n) is 19.5. The number of aromatic nitrogens is 1. The van der Waals surface area contributed by atoms with Gasteiger partial charge >= 0.3 is 0 Å². The normalized spacial score (nSPS) is 9.66. The molecule has 0 fully saturated rings. The fraction of sp³-hybridized carbons (Fsp3) is 0.385. The van der Waals surface area contributed by atoms with E-state index in [4.69, 9.17) is 10.8 Å². The highest BCUT2D eigenvalue weighted by Gasteiger charge is 2.11. The third kappa shape index (κ3) is 8.49. The van der Waals surface area contributed by atoms with Crippen LogP contribution in [0.3, 0.4) is 0 Å². The molecule has 3 N–H and O–H groups in total. The lowest BCUT2D eigenvalue weighted by atomic mass is 9.97. The number of aliphatic hydroxyl groups is 1. The maximum atomic E-state index is 11.5. The number of halogens is 1. The van der Waals surface area contributed by atoms with Crippen LogP contribution in [0, 0.1) is 41.5 Å². The quantitative estimate of drug-likeness (QED) is 0.284. The molecule has 1 aromatic heterocycles. The number of anilines is 1. The fourth-order valence-electron chi connectivity index (χ4n) is 3.67. The first-order chi connectivity index (χ1) is 14.5. The van der Waals surface area contributed by atoms with Crippen LogP contribution in [0.4, 0.5) is 5.13 Å². The number of nitrogen functional groups attached to an aromatic ring is 1. The molecule has 0 saturated heterocycles. The number of carbonyl (C=O) groups is 1. The minimum atomic E-state index is 0. The Kier molecular flexibility index (Phi) is 13.3. The van der Waals surface area contributed by atoms with Crippen molar-refractivity contribution in [1.82, 2.24) is 4.98 Å². The van der Waals surface area contributed by atoms with Crippen molar-refractivity contribution >= 4 is 38.2 Å². The molecule has 3 rings (SSSR count). The summed E-state index contributed by atoms with van der Waals surface area (Å²) in [7, 11) is 0. The number of hydrogen-bond donors (Lipinski definition) is 2. The summed E-state index contributed by atoms with van der Waals surface area (Å²) >= 11 is 4.68. The SMILES string of the molecule is C.CCO.Cc1cc(C)c(-c2csc(N)n2)c(C)c1.Cc1cc(C)c(C(=O)CBr)c(C)c1. The molecule has 0 bridgehead atoms. The number of thiazole rings is 1. The van der Waals surface area contributed by atoms with Gasteiger partial charge in [0.2, 0.25) is 0 Å². The number of aryl methyl sites for hydroxylation is 6. The molecule has 4 nitrogen and oxygen atoms in total. The van der Waals surface area contributed by atoms with Crippen molar-refractivity contribution < 1.29 is 9.90 Å². The van der Waals surface area contributed by atoms with Gasteiger partial charge in [0, 0.05) is 23.1 Å². The number of alkyl halides is 1. The van der Waals surface area contributed by atoms with Crippen molar-refractivity contribution in [2.45, 2.75) is 55.9 Å². The monoisotopic (exact) mass is 520 g/mol. The lowest BCUT2D eigenvalue weighted by molar-refractivity contribution is 0.102. The number of nitrogens with two attached hydrogens (primary N) is 1. The molecule has 0 aliphatic carbocycles. The summed E-state index contributed by atoms with van der Waals surface area (Å²) in [5.41, 5.74) is 15.9. The number of Topliss-reactive ketones (excluding diaryl/α,β-unsaturated/α-hetero) is 1. The summed E-state index contributed by atoms with van der Waals surface area (Å²) in [4.78, 5) is 15.8. The molecule has 0 saturated carbocycles. The fourth-order valence-corrected chi connectivity index (χ4v) is 4.51. The van der Waals surface area contributed by atoms with E-state index in [2.05, 4.69) is 53.8 Å². The van der Waals surface area contributed by atoms with E-state index in [-0.39, 0.29) is 19.8 Å². The molecule has 0 amide bonds. The van der Waals surface area contributed by atoms with Gasteiger partial charge in [-0.25, -0.2) is 4.98 Å². The molecule has 0 unspecified atom stereocenters. The van der Waals surface area contributed by atoms with Crippen molar-refractivity contribution in [3.8, 4) is 11.3 Å². The summed E-state index contributed by atoms with van der Waals surface area (Å²) in [6.07, 6.45) is 0. The Morgan fingerprint density at radius 3 is 1.72 bits per heavy atom. The van der Waals surface area contributed by atoms with Crippen LogP contribution in [0.25, 0.3) is 11.3 Å². The molecule has 0 atom stereocenters. The van der Waals surface area contributed by atoms with Gasteiger partial charge in [0.25, 0.3) is 0 Å². The molecular weight excluding hydrogens is 484 g/mol. The van der Waals surface area contributed by atoms with Crippen molar-refractivity contribution in [3.05, 3.63) is 68.6 Å². The number of ketones is 1.